The monoisotopic (exact) mass is 500 g/mol. The van der Waals surface area contributed by atoms with Crippen LogP contribution in [0.25, 0.3) is 5.76 Å². The minimum absolute atomic E-state index is 0.114. The van der Waals surface area contributed by atoms with Gasteiger partial charge in [-0.1, -0.05) is 54.6 Å². The van der Waals surface area contributed by atoms with Crippen LogP contribution in [0.1, 0.15) is 28.3 Å². The van der Waals surface area contributed by atoms with Gasteiger partial charge in [-0.25, -0.2) is 9.37 Å². The Bertz CT molecular complexity index is 1450. The summed E-state index contributed by atoms with van der Waals surface area (Å²) in [5.41, 5.74) is 1.98. The van der Waals surface area contributed by atoms with Gasteiger partial charge in [0.2, 0.25) is 0 Å². The lowest BCUT2D eigenvalue weighted by atomic mass is 9.95. The van der Waals surface area contributed by atoms with Gasteiger partial charge in [-0.3, -0.25) is 14.5 Å². The molecule has 3 aromatic carbocycles. The Morgan fingerprint density at radius 3 is 2.50 bits per heavy atom. The average Bonchev–Trinajstić information content (AvgIpc) is 3.51. The number of hydrogen-bond donors (Lipinski definition) is 1. The summed E-state index contributed by atoms with van der Waals surface area (Å²) in [5, 5.41) is 13.1. The van der Waals surface area contributed by atoms with E-state index in [1.165, 1.54) is 34.6 Å². The van der Waals surface area contributed by atoms with Crippen molar-refractivity contribution in [1.29, 1.82) is 0 Å². The van der Waals surface area contributed by atoms with Crippen molar-refractivity contribution in [2.75, 3.05) is 4.90 Å². The number of aliphatic hydroxyl groups excluding tert-OH is 1. The van der Waals surface area contributed by atoms with E-state index in [4.69, 9.17) is 4.74 Å². The number of halogens is 1. The molecule has 6 nitrogen and oxygen atoms in total. The molecule has 1 saturated heterocycles. The number of aliphatic hydroxyl groups is 1. The molecule has 180 valence electrons. The number of rotatable bonds is 6. The third-order valence-corrected chi connectivity index (χ3v) is 6.73. The largest absolute Gasteiger partial charge is 0.507 e. The summed E-state index contributed by atoms with van der Waals surface area (Å²) < 4.78 is 20.1. The van der Waals surface area contributed by atoms with E-state index in [2.05, 4.69) is 4.98 Å². The standard InChI is InChI=1S/C28H21FN2O4S/c1-17-7-8-20(15-22(17)29)25(32)23-24(31(27(34)26(23)33)28-30-13-14-36-28)19-9-11-21(12-10-19)35-16-18-5-3-2-4-6-18/h2-15,24,32H,16H2,1H3/t24-/m1/s1. The second-order valence-corrected chi connectivity index (χ2v) is 9.16. The molecule has 2 heterocycles. The maximum atomic E-state index is 14.2. The number of ether oxygens (including phenoxy) is 1. The maximum absolute atomic E-state index is 14.2. The number of nitrogens with zero attached hydrogens (tertiary/aromatic N) is 2. The van der Waals surface area contributed by atoms with Crippen LogP contribution in [0.5, 0.6) is 5.75 Å². The van der Waals surface area contributed by atoms with Gasteiger partial charge in [-0.15, -0.1) is 11.3 Å². The van der Waals surface area contributed by atoms with E-state index in [-0.39, 0.29) is 11.1 Å². The van der Waals surface area contributed by atoms with E-state index in [0.29, 0.717) is 28.6 Å². The Balaban J connectivity index is 1.54. The number of aryl methyl sites for hydroxylation is 1. The van der Waals surface area contributed by atoms with E-state index in [1.54, 1.807) is 36.6 Å². The molecule has 1 fully saturated rings. The molecule has 1 amide bonds. The Hall–Kier alpha value is -4.30. The molecule has 0 unspecified atom stereocenters. The molecule has 0 radical (unpaired) electrons. The van der Waals surface area contributed by atoms with Crippen molar-refractivity contribution in [3.63, 3.8) is 0 Å². The molecule has 0 bridgehead atoms. The summed E-state index contributed by atoms with van der Waals surface area (Å²) in [6, 6.07) is 19.9. The summed E-state index contributed by atoms with van der Waals surface area (Å²) in [7, 11) is 0. The normalized spacial score (nSPS) is 16.9. The number of anilines is 1. The van der Waals surface area contributed by atoms with Crippen molar-refractivity contribution >= 4 is 33.9 Å². The smallest absolute Gasteiger partial charge is 0.301 e. The molecule has 36 heavy (non-hydrogen) atoms. The number of hydrogen-bond acceptors (Lipinski definition) is 6. The highest BCUT2D eigenvalue weighted by Gasteiger charge is 2.48. The Labute approximate surface area is 210 Å². The minimum atomic E-state index is -0.941. The molecule has 1 N–H and O–H groups in total. The lowest BCUT2D eigenvalue weighted by molar-refractivity contribution is -0.132. The van der Waals surface area contributed by atoms with Crippen LogP contribution < -0.4 is 9.64 Å². The second-order valence-electron chi connectivity index (χ2n) is 8.29. The number of Topliss-reactive ketones (excluding diaryl/α,β-unsaturated/α-hetero) is 1. The van der Waals surface area contributed by atoms with Gasteiger partial charge < -0.3 is 9.84 Å². The number of carbonyl (C=O) groups is 2. The highest BCUT2D eigenvalue weighted by molar-refractivity contribution is 7.14. The molecule has 4 aromatic rings. The average molecular weight is 501 g/mol. The predicted molar refractivity (Wildman–Crippen MR) is 135 cm³/mol. The van der Waals surface area contributed by atoms with Crippen LogP contribution in [0.15, 0.2) is 89.9 Å². The van der Waals surface area contributed by atoms with E-state index in [9.17, 15) is 19.1 Å². The van der Waals surface area contributed by atoms with E-state index in [1.807, 2.05) is 30.3 Å². The molecule has 0 aliphatic carbocycles. The first-order chi connectivity index (χ1) is 17.4. The maximum Gasteiger partial charge on any atom is 0.301 e. The topological polar surface area (TPSA) is 79.7 Å². The number of benzene rings is 3. The van der Waals surface area contributed by atoms with Gasteiger partial charge >= 0.3 is 5.91 Å². The second kappa shape index (κ2) is 9.75. The van der Waals surface area contributed by atoms with Gasteiger partial charge in [0.15, 0.2) is 5.13 Å². The first kappa shape index (κ1) is 23.4. The predicted octanol–water partition coefficient (Wildman–Crippen LogP) is 5.80. The summed E-state index contributed by atoms with van der Waals surface area (Å²) in [6.45, 7) is 1.98. The Morgan fingerprint density at radius 1 is 1.08 bits per heavy atom. The van der Waals surface area contributed by atoms with Crippen molar-refractivity contribution in [2.45, 2.75) is 19.6 Å². The fourth-order valence-electron chi connectivity index (χ4n) is 4.06. The molecule has 1 atom stereocenters. The van der Waals surface area contributed by atoms with Gasteiger partial charge in [0, 0.05) is 17.1 Å². The summed E-state index contributed by atoms with van der Waals surface area (Å²) in [5.74, 6) is -2.04. The van der Waals surface area contributed by atoms with Crippen molar-refractivity contribution in [2.24, 2.45) is 0 Å². The first-order valence-corrected chi connectivity index (χ1v) is 12.1. The zero-order chi connectivity index (χ0) is 25.2. The van der Waals surface area contributed by atoms with Crippen molar-refractivity contribution in [3.05, 3.63) is 118 Å². The highest BCUT2D eigenvalue weighted by Crippen LogP contribution is 2.43. The van der Waals surface area contributed by atoms with E-state index in [0.717, 1.165) is 11.6 Å². The third kappa shape index (κ3) is 4.38. The quantitative estimate of drug-likeness (QED) is 0.206. The number of ketones is 1. The van der Waals surface area contributed by atoms with E-state index < -0.39 is 29.3 Å². The van der Waals surface area contributed by atoms with E-state index >= 15 is 0 Å². The number of thiazole rings is 1. The number of amides is 1. The van der Waals surface area contributed by atoms with Gasteiger partial charge in [0.05, 0.1) is 11.6 Å². The molecular weight excluding hydrogens is 479 g/mol. The number of carbonyl (C=O) groups excluding carboxylic acids is 2. The van der Waals surface area contributed by atoms with Crippen molar-refractivity contribution < 1.29 is 23.8 Å². The fourth-order valence-corrected chi connectivity index (χ4v) is 4.73. The van der Waals surface area contributed by atoms with Crippen LogP contribution in [0.4, 0.5) is 9.52 Å². The molecular formula is C28H21FN2O4S. The van der Waals surface area contributed by atoms with Gasteiger partial charge in [-0.05, 0) is 41.8 Å². The zero-order valence-electron chi connectivity index (χ0n) is 19.2. The molecule has 1 aliphatic heterocycles. The molecule has 8 heteroatoms. The van der Waals surface area contributed by atoms with Crippen LogP contribution in [-0.4, -0.2) is 21.8 Å². The molecule has 0 spiro atoms. The van der Waals surface area contributed by atoms with Crippen LogP contribution in [-0.2, 0) is 16.2 Å². The summed E-state index contributed by atoms with van der Waals surface area (Å²) in [4.78, 5) is 31.7. The van der Waals surface area contributed by atoms with Crippen LogP contribution in [0.3, 0.4) is 0 Å². The Kier molecular flexibility index (Phi) is 6.35. The molecule has 5 rings (SSSR count). The molecule has 0 saturated carbocycles. The van der Waals surface area contributed by atoms with Crippen LogP contribution in [0, 0.1) is 12.7 Å². The van der Waals surface area contributed by atoms with Crippen molar-refractivity contribution in [3.8, 4) is 5.75 Å². The number of aromatic nitrogens is 1. The van der Waals surface area contributed by atoms with Gasteiger partial charge in [-0.2, -0.15) is 0 Å². The SMILES string of the molecule is Cc1ccc(C(O)=C2C(=O)C(=O)N(c3nccs3)[C@@H]2c2ccc(OCc3ccccc3)cc2)cc1F. The summed E-state index contributed by atoms with van der Waals surface area (Å²) >= 11 is 1.20. The van der Waals surface area contributed by atoms with Crippen LogP contribution >= 0.6 is 11.3 Å². The van der Waals surface area contributed by atoms with Gasteiger partial charge in [0.25, 0.3) is 5.78 Å². The molecule has 1 aromatic heterocycles. The lowest BCUT2D eigenvalue weighted by Gasteiger charge is -2.23. The molecule has 1 aliphatic rings. The fraction of sp³-hybridized carbons (Fsp3) is 0.107. The summed E-state index contributed by atoms with van der Waals surface area (Å²) in [6.07, 6.45) is 1.53. The zero-order valence-corrected chi connectivity index (χ0v) is 20.0. The lowest BCUT2D eigenvalue weighted by Crippen LogP contribution is -2.29. The minimum Gasteiger partial charge on any atom is -0.507 e. The van der Waals surface area contributed by atoms with Crippen LogP contribution in [0.2, 0.25) is 0 Å². The highest BCUT2D eigenvalue weighted by atomic mass is 32.1. The Morgan fingerprint density at radius 2 is 1.83 bits per heavy atom. The first-order valence-electron chi connectivity index (χ1n) is 11.2. The van der Waals surface area contributed by atoms with Gasteiger partial charge in [0.1, 0.15) is 23.9 Å². The van der Waals surface area contributed by atoms with Crippen molar-refractivity contribution in [1.82, 2.24) is 4.98 Å². The third-order valence-electron chi connectivity index (χ3n) is 5.96.